The molecule has 1 aliphatic rings. The number of hydrogen-bond acceptors (Lipinski definition) is 8. The zero-order chi connectivity index (χ0) is 26.4. The molecule has 0 saturated carbocycles. The summed E-state index contributed by atoms with van der Waals surface area (Å²) in [7, 11) is 0. The molecule has 1 N–H and O–H groups in total. The normalized spacial score (nSPS) is 13.9. The average Bonchev–Trinajstić information content (AvgIpc) is 3.52. The van der Waals surface area contributed by atoms with E-state index in [0.29, 0.717) is 46.1 Å². The van der Waals surface area contributed by atoms with Crippen LogP contribution in [-0.2, 0) is 12.7 Å². The number of aromatic nitrogens is 8. The van der Waals surface area contributed by atoms with Crippen LogP contribution in [0.3, 0.4) is 0 Å². The fourth-order valence-corrected chi connectivity index (χ4v) is 4.29. The number of fused-ring (bicyclic) bond motifs is 2. The molecule has 0 spiro atoms. The number of benzene rings is 2. The third-order valence-corrected chi connectivity index (χ3v) is 6.10. The minimum absolute atomic E-state index is 0.175. The predicted octanol–water partition coefficient (Wildman–Crippen LogP) is 3.42. The fraction of sp³-hybridized carbons (Fsp3) is 0.208. The number of H-pyrrole nitrogens is 1. The number of carbonyl (C=O) groups excluding carboxylic acids is 1. The van der Waals surface area contributed by atoms with E-state index in [1.165, 1.54) is 16.9 Å². The molecule has 4 heterocycles. The summed E-state index contributed by atoms with van der Waals surface area (Å²) in [6, 6.07) is 8.73. The van der Waals surface area contributed by atoms with Crippen LogP contribution in [0.5, 0.6) is 5.75 Å². The molecule has 0 aliphatic carbocycles. The van der Waals surface area contributed by atoms with E-state index in [0.717, 1.165) is 17.7 Å². The third-order valence-electron chi connectivity index (χ3n) is 6.10. The molecular weight excluding hydrogens is 503 g/mol. The smallest absolute Gasteiger partial charge is 0.416 e. The molecule has 0 radical (unpaired) electrons. The van der Waals surface area contributed by atoms with Gasteiger partial charge in [0.1, 0.15) is 13.2 Å². The van der Waals surface area contributed by atoms with Gasteiger partial charge < -0.3 is 9.64 Å². The number of nitrogens with one attached hydrogen (secondary N) is 1. The Morgan fingerprint density at radius 2 is 2.03 bits per heavy atom. The molecule has 0 atom stereocenters. The van der Waals surface area contributed by atoms with E-state index in [4.69, 9.17) is 4.74 Å². The fourth-order valence-electron chi connectivity index (χ4n) is 4.29. The molecule has 11 nitrogen and oxygen atoms in total. The van der Waals surface area contributed by atoms with Crippen LogP contribution in [0.4, 0.5) is 18.9 Å². The van der Waals surface area contributed by atoms with Gasteiger partial charge in [0.25, 0.3) is 5.91 Å². The second kappa shape index (κ2) is 8.90. The summed E-state index contributed by atoms with van der Waals surface area (Å²) < 4.78 is 46.4. The zero-order valence-corrected chi connectivity index (χ0v) is 19.8. The molecule has 3 aromatic heterocycles. The van der Waals surface area contributed by atoms with Crippen LogP contribution in [0.2, 0.25) is 0 Å². The minimum atomic E-state index is -4.44. The van der Waals surface area contributed by atoms with Crippen molar-refractivity contribution in [2.45, 2.75) is 19.6 Å². The van der Waals surface area contributed by atoms with Crippen LogP contribution >= 0.6 is 0 Å². The predicted molar refractivity (Wildman–Crippen MR) is 127 cm³/mol. The lowest BCUT2D eigenvalue weighted by Gasteiger charge is -2.22. The van der Waals surface area contributed by atoms with Gasteiger partial charge in [0.05, 0.1) is 23.8 Å². The van der Waals surface area contributed by atoms with Crippen LogP contribution in [0, 0.1) is 6.92 Å². The second-order valence-corrected chi connectivity index (χ2v) is 8.66. The number of amides is 1. The van der Waals surface area contributed by atoms with E-state index >= 15 is 0 Å². The van der Waals surface area contributed by atoms with Crippen LogP contribution in [0.25, 0.3) is 22.3 Å². The summed E-state index contributed by atoms with van der Waals surface area (Å²) in [6.45, 7) is 2.68. The highest BCUT2D eigenvalue weighted by atomic mass is 19.4. The highest BCUT2D eigenvalue weighted by molar-refractivity contribution is 6.07. The maximum atomic E-state index is 13.4. The van der Waals surface area contributed by atoms with Crippen molar-refractivity contribution in [1.82, 2.24) is 40.4 Å². The number of ether oxygens (including phenoxy) is 1. The van der Waals surface area contributed by atoms with E-state index in [-0.39, 0.29) is 24.8 Å². The molecule has 0 bridgehead atoms. The Kier molecular flexibility index (Phi) is 5.51. The van der Waals surface area contributed by atoms with E-state index < -0.39 is 11.7 Å². The Bertz CT molecular complexity index is 1660. The summed E-state index contributed by atoms with van der Waals surface area (Å²) in [5.41, 5.74) is 1.93. The van der Waals surface area contributed by atoms with Crippen LogP contribution in [0.15, 0.2) is 48.8 Å². The molecule has 0 unspecified atom stereocenters. The Labute approximate surface area is 212 Å². The number of aromatic amines is 1. The van der Waals surface area contributed by atoms with Gasteiger partial charge in [-0.15, -0.1) is 5.10 Å². The first-order valence-electron chi connectivity index (χ1n) is 11.5. The van der Waals surface area contributed by atoms with Gasteiger partial charge in [0, 0.05) is 22.8 Å². The topological polar surface area (TPSA) is 128 Å². The third kappa shape index (κ3) is 4.29. The standard InChI is InChI=1S/C24H18F3N9O2/c1-13-8-14(22-28-10-15-9-16(24(25,26)27)3-4-17(15)29-22)2-5-18(13)36-6-7-38-19-11-35(32-21(19)23(36)37)12-20-30-33-34-31-20/h2-5,8-11H,6-7,12H2,1H3,(H,30,31,33,34). The zero-order valence-electron chi connectivity index (χ0n) is 19.8. The number of halogens is 3. The van der Waals surface area contributed by atoms with Crippen LogP contribution in [-0.4, -0.2) is 59.4 Å². The molecule has 1 amide bonds. The van der Waals surface area contributed by atoms with Crippen molar-refractivity contribution in [3.05, 3.63) is 71.4 Å². The summed E-state index contributed by atoms with van der Waals surface area (Å²) in [6.07, 6.45) is -1.44. The molecule has 38 heavy (non-hydrogen) atoms. The van der Waals surface area contributed by atoms with Crippen LogP contribution < -0.4 is 9.64 Å². The van der Waals surface area contributed by atoms with Crippen molar-refractivity contribution in [2.24, 2.45) is 0 Å². The van der Waals surface area contributed by atoms with Crippen molar-refractivity contribution in [3.8, 4) is 17.1 Å². The number of anilines is 1. The number of nitrogens with zero attached hydrogens (tertiary/aromatic N) is 8. The highest BCUT2D eigenvalue weighted by Gasteiger charge is 2.31. The molecule has 192 valence electrons. The van der Waals surface area contributed by atoms with Gasteiger partial charge >= 0.3 is 6.18 Å². The second-order valence-electron chi connectivity index (χ2n) is 8.66. The summed E-state index contributed by atoms with van der Waals surface area (Å²) in [5.74, 6) is 0.901. The number of hydrogen-bond donors (Lipinski definition) is 1. The lowest BCUT2D eigenvalue weighted by molar-refractivity contribution is -0.137. The van der Waals surface area contributed by atoms with Gasteiger partial charge in [-0.3, -0.25) is 9.48 Å². The number of alkyl halides is 3. The van der Waals surface area contributed by atoms with Gasteiger partial charge in [-0.1, -0.05) is 0 Å². The van der Waals surface area contributed by atoms with E-state index in [1.54, 1.807) is 23.2 Å². The van der Waals surface area contributed by atoms with Crippen molar-refractivity contribution >= 4 is 22.5 Å². The maximum absolute atomic E-state index is 13.4. The van der Waals surface area contributed by atoms with Crippen molar-refractivity contribution in [1.29, 1.82) is 0 Å². The minimum Gasteiger partial charge on any atom is -0.488 e. The van der Waals surface area contributed by atoms with Crippen molar-refractivity contribution in [2.75, 3.05) is 18.1 Å². The van der Waals surface area contributed by atoms with E-state index in [2.05, 4.69) is 35.7 Å². The Morgan fingerprint density at radius 1 is 1.16 bits per heavy atom. The van der Waals surface area contributed by atoms with E-state index in [9.17, 15) is 18.0 Å². The summed E-state index contributed by atoms with van der Waals surface area (Å²) in [5, 5.41) is 18.2. The Balaban J connectivity index is 1.28. The monoisotopic (exact) mass is 521 g/mol. The van der Waals surface area contributed by atoms with Gasteiger partial charge in [-0.05, 0) is 59.3 Å². The first kappa shape index (κ1) is 23.5. The van der Waals surface area contributed by atoms with Crippen molar-refractivity contribution in [3.63, 3.8) is 0 Å². The Hall–Kier alpha value is -4.88. The average molecular weight is 521 g/mol. The highest BCUT2D eigenvalue weighted by Crippen LogP contribution is 2.33. The van der Waals surface area contributed by atoms with Gasteiger partial charge in [-0.25, -0.2) is 15.1 Å². The lowest BCUT2D eigenvalue weighted by atomic mass is 10.1. The first-order valence-corrected chi connectivity index (χ1v) is 11.5. The molecular formula is C24H18F3N9O2. The molecule has 0 saturated heterocycles. The van der Waals surface area contributed by atoms with Gasteiger partial charge in [0.2, 0.25) is 0 Å². The Morgan fingerprint density at radius 3 is 2.79 bits per heavy atom. The van der Waals surface area contributed by atoms with E-state index in [1.807, 2.05) is 13.0 Å². The van der Waals surface area contributed by atoms with Crippen molar-refractivity contribution < 1.29 is 22.7 Å². The quantitative estimate of drug-likeness (QED) is 0.381. The molecule has 6 rings (SSSR count). The SMILES string of the molecule is Cc1cc(-c2ncc3cc(C(F)(F)F)ccc3n2)ccc1N1CCOc2cn(Cc3nnn[nH]3)nc2C1=O. The molecule has 5 aromatic rings. The van der Waals surface area contributed by atoms with Gasteiger partial charge in [0.15, 0.2) is 23.1 Å². The molecule has 1 aliphatic heterocycles. The maximum Gasteiger partial charge on any atom is 0.416 e. The number of carbonyl (C=O) groups is 1. The summed E-state index contributed by atoms with van der Waals surface area (Å²) >= 11 is 0. The lowest BCUT2D eigenvalue weighted by Crippen LogP contribution is -2.33. The first-order chi connectivity index (χ1) is 18.3. The van der Waals surface area contributed by atoms with Gasteiger partial charge in [-0.2, -0.15) is 18.3 Å². The molecule has 0 fully saturated rings. The number of tetrazole rings is 1. The largest absolute Gasteiger partial charge is 0.488 e. The number of aryl methyl sites for hydroxylation is 1. The molecule has 2 aromatic carbocycles. The molecule has 14 heteroatoms. The van der Waals surface area contributed by atoms with Crippen LogP contribution in [0.1, 0.15) is 27.4 Å². The number of rotatable bonds is 4. The summed E-state index contributed by atoms with van der Waals surface area (Å²) in [4.78, 5) is 23.7.